The summed E-state index contributed by atoms with van der Waals surface area (Å²) in [5, 5.41) is 3.18. The Kier molecular flexibility index (Phi) is 5.52. The van der Waals surface area contributed by atoms with Gasteiger partial charge in [-0.25, -0.2) is 4.90 Å². The number of amides is 2. The third-order valence-electron chi connectivity index (χ3n) is 4.97. The summed E-state index contributed by atoms with van der Waals surface area (Å²) < 4.78 is 39.4. The number of nitrogens with one attached hydrogen (secondary N) is 1. The summed E-state index contributed by atoms with van der Waals surface area (Å²) in [7, 11) is 0. The summed E-state index contributed by atoms with van der Waals surface area (Å²) in [6, 6.07) is 17.5. The molecule has 0 unspecified atom stereocenters. The zero-order valence-electron chi connectivity index (χ0n) is 16.7. The maximum absolute atomic E-state index is 13.3. The van der Waals surface area contributed by atoms with E-state index < -0.39 is 23.6 Å². The van der Waals surface area contributed by atoms with Gasteiger partial charge in [0.1, 0.15) is 5.70 Å². The zero-order chi connectivity index (χ0) is 23.0. The van der Waals surface area contributed by atoms with Crippen molar-refractivity contribution in [3.8, 4) is 0 Å². The largest absolute Gasteiger partial charge is 0.416 e. The number of carbonyl (C=O) groups excluding carboxylic acids is 2. The first kappa shape index (κ1) is 21.6. The van der Waals surface area contributed by atoms with Crippen molar-refractivity contribution in [2.45, 2.75) is 13.1 Å². The van der Waals surface area contributed by atoms with Gasteiger partial charge in [0.15, 0.2) is 0 Å². The number of imide groups is 1. The smallest absolute Gasteiger partial charge is 0.350 e. The molecule has 0 saturated carbocycles. The van der Waals surface area contributed by atoms with Crippen LogP contribution in [0.2, 0.25) is 5.02 Å². The van der Waals surface area contributed by atoms with Gasteiger partial charge in [0.25, 0.3) is 11.8 Å². The quantitative estimate of drug-likeness (QED) is 0.485. The van der Waals surface area contributed by atoms with E-state index in [1.54, 1.807) is 48.5 Å². The van der Waals surface area contributed by atoms with E-state index in [0.29, 0.717) is 16.3 Å². The van der Waals surface area contributed by atoms with Crippen molar-refractivity contribution in [2.75, 3.05) is 10.2 Å². The second-order valence-corrected chi connectivity index (χ2v) is 7.68. The standard InChI is InChI=1S/C24H16ClF3N2O2/c1-14-5-11-19(12-6-14)30-22(31)20(15-7-9-17(25)10-8-15)21(23(30)32)29-18-4-2-3-16(13-18)24(26,27)28/h2-13,29H,1H3. The molecule has 0 aliphatic carbocycles. The van der Waals surface area contributed by atoms with Crippen molar-refractivity contribution in [2.24, 2.45) is 0 Å². The van der Waals surface area contributed by atoms with Gasteiger partial charge in [-0.2, -0.15) is 13.2 Å². The lowest BCUT2D eigenvalue weighted by atomic mass is 10.0. The van der Waals surface area contributed by atoms with E-state index in [4.69, 9.17) is 11.6 Å². The average Bonchev–Trinajstić information content (AvgIpc) is 2.99. The average molecular weight is 457 g/mol. The Labute approximate surface area is 186 Å². The van der Waals surface area contributed by atoms with Gasteiger partial charge in [0, 0.05) is 10.7 Å². The van der Waals surface area contributed by atoms with Crippen molar-refractivity contribution < 1.29 is 22.8 Å². The molecule has 3 aromatic rings. The highest BCUT2D eigenvalue weighted by Crippen LogP contribution is 2.36. The number of rotatable bonds is 4. The fourth-order valence-electron chi connectivity index (χ4n) is 3.38. The first-order chi connectivity index (χ1) is 15.1. The second-order valence-electron chi connectivity index (χ2n) is 7.24. The van der Waals surface area contributed by atoms with Gasteiger partial charge < -0.3 is 5.32 Å². The molecule has 3 aromatic carbocycles. The second kappa shape index (κ2) is 8.16. The molecular formula is C24H16ClF3N2O2. The number of hydrogen-bond donors (Lipinski definition) is 1. The molecule has 4 rings (SSSR count). The Morgan fingerprint density at radius 3 is 2.16 bits per heavy atom. The first-order valence-corrected chi connectivity index (χ1v) is 9.93. The molecule has 0 radical (unpaired) electrons. The predicted molar refractivity (Wildman–Crippen MR) is 117 cm³/mol. The Morgan fingerprint density at radius 1 is 0.875 bits per heavy atom. The predicted octanol–water partition coefficient (Wildman–Crippen LogP) is 6.06. The van der Waals surface area contributed by atoms with Gasteiger partial charge in [0.2, 0.25) is 0 Å². The molecule has 0 saturated heterocycles. The minimum absolute atomic E-state index is 0.0354. The molecule has 8 heteroatoms. The lowest BCUT2D eigenvalue weighted by Gasteiger charge is -2.16. The van der Waals surface area contributed by atoms with Crippen molar-refractivity contribution >= 4 is 40.4 Å². The minimum atomic E-state index is -4.55. The topological polar surface area (TPSA) is 49.4 Å². The molecule has 162 valence electrons. The summed E-state index contributed by atoms with van der Waals surface area (Å²) in [5.74, 6) is -1.25. The highest BCUT2D eigenvalue weighted by molar-refractivity contribution is 6.46. The summed E-state index contributed by atoms with van der Waals surface area (Å²) >= 11 is 5.95. The van der Waals surface area contributed by atoms with Gasteiger partial charge in [-0.15, -0.1) is 0 Å². The molecule has 1 aliphatic heterocycles. The number of carbonyl (C=O) groups is 2. The van der Waals surface area contributed by atoms with Gasteiger partial charge >= 0.3 is 6.18 Å². The molecule has 2 amide bonds. The van der Waals surface area contributed by atoms with Crippen LogP contribution >= 0.6 is 11.6 Å². The maximum atomic E-state index is 13.3. The Balaban J connectivity index is 1.81. The Bertz CT molecular complexity index is 1230. The third kappa shape index (κ3) is 4.11. The Morgan fingerprint density at radius 2 is 1.53 bits per heavy atom. The lowest BCUT2D eigenvalue weighted by molar-refractivity contribution is -0.137. The van der Waals surface area contributed by atoms with E-state index in [9.17, 15) is 22.8 Å². The van der Waals surface area contributed by atoms with Crippen LogP contribution in [0.5, 0.6) is 0 Å². The van der Waals surface area contributed by atoms with Crippen molar-refractivity contribution in [1.29, 1.82) is 0 Å². The molecule has 1 heterocycles. The lowest BCUT2D eigenvalue weighted by Crippen LogP contribution is -2.32. The summed E-state index contributed by atoms with van der Waals surface area (Å²) in [4.78, 5) is 27.6. The van der Waals surface area contributed by atoms with Crippen LogP contribution in [0.3, 0.4) is 0 Å². The molecule has 1 aliphatic rings. The number of nitrogens with zero attached hydrogens (tertiary/aromatic N) is 1. The first-order valence-electron chi connectivity index (χ1n) is 9.55. The Hall–Kier alpha value is -3.58. The molecule has 32 heavy (non-hydrogen) atoms. The summed E-state index contributed by atoms with van der Waals surface area (Å²) in [6.07, 6.45) is -4.55. The zero-order valence-corrected chi connectivity index (χ0v) is 17.5. The summed E-state index contributed by atoms with van der Waals surface area (Å²) in [5.41, 5.74) is 0.814. The highest BCUT2D eigenvalue weighted by atomic mass is 35.5. The van der Waals surface area contributed by atoms with E-state index in [2.05, 4.69) is 5.32 Å². The molecule has 1 N–H and O–H groups in total. The van der Waals surface area contributed by atoms with E-state index >= 15 is 0 Å². The van der Waals surface area contributed by atoms with E-state index in [0.717, 1.165) is 22.6 Å². The maximum Gasteiger partial charge on any atom is 0.416 e. The van der Waals surface area contributed by atoms with Crippen LogP contribution in [0, 0.1) is 6.92 Å². The van der Waals surface area contributed by atoms with Crippen LogP contribution in [0.25, 0.3) is 5.57 Å². The van der Waals surface area contributed by atoms with Crippen LogP contribution in [0.1, 0.15) is 16.7 Å². The van der Waals surface area contributed by atoms with Crippen molar-refractivity contribution in [3.63, 3.8) is 0 Å². The summed E-state index contributed by atoms with van der Waals surface area (Å²) in [6.45, 7) is 1.87. The van der Waals surface area contributed by atoms with Gasteiger partial charge in [-0.05, 0) is 55.0 Å². The molecule has 0 aromatic heterocycles. The number of benzene rings is 3. The van der Waals surface area contributed by atoms with E-state index in [-0.39, 0.29) is 17.0 Å². The van der Waals surface area contributed by atoms with Crippen LogP contribution in [0.4, 0.5) is 24.5 Å². The number of alkyl halides is 3. The fourth-order valence-corrected chi connectivity index (χ4v) is 3.50. The fraction of sp³-hybridized carbons (Fsp3) is 0.0833. The molecule has 4 nitrogen and oxygen atoms in total. The van der Waals surface area contributed by atoms with Crippen molar-refractivity contribution in [3.05, 3.63) is 100 Å². The number of anilines is 2. The molecule has 0 bridgehead atoms. The normalized spacial score (nSPS) is 14.3. The van der Waals surface area contributed by atoms with Crippen LogP contribution in [-0.2, 0) is 15.8 Å². The molecule has 0 spiro atoms. The third-order valence-corrected chi connectivity index (χ3v) is 5.22. The monoisotopic (exact) mass is 456 g/mol. The highest BCUT2D eigenvalue weighted by Gasteiger charge is 2.40. The van der Waals surface area contributed by atoms with Crippen LogP contribution < -0.4 is 10.2 Å². The minimum Gasteiger partial charge on any atom is -0.350 e. The number of hydrogen-bond acceptors (Lipinski definition) is 3. The van der Waals surface area contributed by atoms with Gasteiger partial charge in [-0.3, -0.25) is 9.59 Å². The number of aryl methyl sites for hydroxylation is 1. The van der Waals surface area contributed by atoms with Gasteiger partial charge in [-0.1, -0.05) is 47.5 Å². The molecule has 0 fully saturated rings. The SMILES string of the molecule is Cc1ccc(N2C(=O)C(Nc3cccc(C(F)(F)F)c3)=C(c3ccc(Cl)cc3)C2=O)cc1. The van der Waals surface area contributed by atoms with E-state index in [1.807, 2.05) is 6.92 Å². The van der Waals surface area contributed by atoms with Gasteiger partial charge in [0.05, 0.1) is 16.8 Å². The molecule has 0 atom stereocenters. The van der Waals surface area contributed by atoms with Crippen LogP contribution in [0.15, 0.2) is 78.5 Å². The van der Waals surface area contributed by atoms with Crippen molar-refractivity contribution in [1.82, 2.24) is 0 Å². The van der Waals surface area contributed by atoms with E-state index in [1.165, 1.54) is 12.1 Å². The number of halogens is 4. The van der Waals surface area contributed by atoms with Crippen LogP contribution in [-0.4, -0.2) is 11.8 Å². The molecular weight excluding hydrogens is 441 g/mol.